The van der Waals surface area contributed by atoms with Crippen molar-refractivity contribution in [3.63, 3.8) is 0 Å². The van der Waals surface area contributed by atoms with Crippen LogP contribution in [0.1, 0.15) is 40.7 Å². The Morgan fingerprint density at radius 2 is 2.00 bits per heavy atom. The van der Waals surface area contributed by atoms with Crippen molar-refractivity contribution >= 4 is 5.97 Å². The predicted octanol–water partition coefficient (Wildman–Crippen LogP) is 3.40. The number of carbonyl (C=O) groups excluding carboxylic acids is 1. The average Bonchev–Trinajstić information content (AvgIpc) is 2.32. The molecule has 0 aromatic heterocycles. The molecule has 3 nitrogen and oxygen atoms in total. The first-order valence-corrected chi connectivity index (χ1v) is 5.85. The lowest BCUT2D eigenvalue weighted by atomic mass is 10.1. The van der Waals surface area contributed by atoms with Crippen LogP contribution in [0.3, 0.4) is 0 Å². The van der Waals surface area contributed by atoms with Crippen molar-refractivity contribution in [1.82, 2.24) is 0 Å². The number of benzene rings is 1. The SMILES string of the molecule is [CH2]CCCCOOC(=O)c1ccc(C)c(C)c1. The maximum atomic E-state index is 11.6. The monoisotopic (exact) mass is 235 g/mol. The number of hydrogen-bond acceptors (Lipinski definition) is 3. The molecule has 0 atom stereocenters. The van der Waals surface area contributed by atoms with Crippen LogP contribution in [0.5, 0.6) is 0 Å². The number of aryl methyl sites for hydroxylation is 2. The summed E-state index contributed by atoms with van der Waals surface area (Å²) < 4.78 is 0. The lowest BCUT2D eigenvalue weighted by Gasteiger charge is -2.05. The standard InChI is InChI=1S/C14H19O3/c1-4-5-6-9-16-17-14(15)13-8-7-11(2)12(3)10-13/h7-8,10H,1,4-6,9H2,2-3H3. The van der Waals surface area contributed by atoms with Crippen LogP contribution in [0.4, 0.5) is 0 Å². The minimum Gasteiger partial charge on any atom is -0.293 e. The van der Waals surface area contributed by atoms with E-state index in [1.165, 1.54) is 0 Å². The van der Waals surface area contributed by atoms with Crippen molar-refractivity contribution in [3.8, 4) is 0 Å². The molecule has 0 spiro atoms. The van der Waals surface area contributed by atoms with Gasteiger partial charge in [0.05, 0.1) is 12.2 Å². The van der Waals surface area contributed by atoms with Gasteiger partial charge in [0, 0.05) is 0 Å². The Morgan fingerprint density at radius 1 is 1.24 bits per heavy atom. The molecule has 1 rings (SSSR count). The van der Waals surface area contributed by atoms with E-state index < -0.39 is 5.97 Å². The highest BCUT2D eigenvalue weighted by atomic mass is 17.2. The Morgan fingerprint density at radius 3 is 2.65 bits per heavy atom. The fraction of sp³-hybridized carbons (Fsp3) is 0.429. The van der Waals surface area contributed by atoms with E-state index in [1.807, 2.05) is 19.9 Å². The molecule has 17 heavy (non-hydrogen) atoms. The van der Waals surface area contributed by atoms with Crippen molar-refractivity contribution in [2.75, 3.05) is 6.61 Å². The maximum absolute atomic E-state index is 11.6. The lowest BCUT2D eigenvalue weighted by molar-refractivity contribution is -0.241. The fourth-order valence-corrected chi connectivity index (χ4v) is 1.35. The average molecular weight is 235 g/mol. The van der Waals surface area contributed by atoms with Gasteiger partial charge in [0.2, 0.25) is 0 Å². The topological polar surface area (TPSA) is 35.5 Å². The first-order chi connectivity index (χ1) is 8.15. The van der Waals surface area contributed by atoms with Gasteiger partial charge in [-0.2, -0.15) is 4.89 Å². The van der Waals surface area contributed by atoms with Crippen molar-refractivity contribution in [2.24, 2.45) is 0 Å². The van der Waals surface area contributed by atoms with Gasteiger partial charge in [0.1, 0.15) is 0 Å². The molecule has 0 unspecified atom stereocenters. The smallest absolute Gasteiger partial charge is 0.293 e. The zero-order valence-electron chi connectivity index (χ0n) is 10.5. The highest BCUT2D eigenvalue weighted by molar-refractivity contribution is 5.89. The third kappa shape index (κ3) is 4.57. The molecule has 0 aliphatic carbocycles. The van der Waals surface area contributed by atoms with E-state index in [0.29, 0.717) is 12.2 Å². The minimum atomic E-state index is -0.442. The molecular formula is C14H19O3. The highest BCUT2D eigenvalue weighted by Gasteiger charge is 2.08. The number of hydrogen-bond donors (Lipinski definition) is 0. The summed E-state index contributed by atoms with van der Waals surface area (Å²) in [6.07, 6.45) is 2.69. The number of rotatable bonds is 6. The zero-order chi connectivity index (χ0) is 12.7. The van der Waals surface area contributed by atoms with E-state index in [-0.39, 0.29) is 0 Å². The Bertz CT molecular complexity index is 372. The first kappa shape index (κ1) is 13.7. The van der Waals surface area contributed by atoms with Crippen LogP contribution in [0.25, 0.3) is 0 Å². The summed E-state index contributed by atoms with van der Waals surface area (Å²) in [5.41, 5.74) is 2.74. The summed E-state index contributed by atoms with van der Waals surface area (Å²) in [7, 11) is 0. The molecule has 0 aliphatic rings. The van der Waals surface area contributed by atoms with Crippen LogP contribution in [0.2, 0.25) is 0 Å². The third-order valence-electron chi connectivity index (χ3n) is 2.60. The van der Waals surface area contributed by atoms with Gasteiger partial charge in [0.15, 0.2) is 0 Å². The van der Waals surface area contributed by atoms with Gasteiger partial charge in [-0.25, -0.2) is 4.79 Å². The van der Waals surface area contributed by atoms with Gasteiger partial charge in [0.25, 0.3) is 0 Å². The van der Waals surface area contributed by atoms with E-state index in [0.717, 1.165) is 30.4 Å². The van der Waals surface area contributed by atoms with Gasteiger partial charge in [-0.1, -0.05) is 25.8 Å². The van der Waals surface area contributed by atoms with Crippen LogP contribution < -0.4 is 0 Å². The van der Waals surface area contributed by atoms with Gasteiger partial charge in [-0.3, -0.25) is 4.89 Å². The van der Waals surface area contributed by atoms with E-state index >= 15 is 0 Å². The third-order valence-corrected chi connectivity index (χ3v) is 2.60. The second kappa shape index (κ2) is 7.07. The summed E-state index contributed by atoms with van der Waals surface area (Å²) in [5.74, 6) is -0.442. The van der Waals surface area contributed by atoms with Crippen molar-refractivity contribution < 1.29 is 14.6 Å². The summed E-state index contributed by atoms with van der Waals surface area (Å²) >= 11 is 0. The van der Waals surface area contributed by atoms with Gasteiger partial charge < -0.3 is 0 Å². The van der Waals surface area contributed by atoms with Crippen molar-refractivity contribution in [1.29, 1.82) is 0 Å². The second-order valence-corrected chi connectivity index (χ2v) is 4.05. The van der Waals surface area contributed by atoms with E-state index in [9.17, 15) is 4.79 Å². The Balaban J connectivity index is 2.39. The maximum Gasteiger partial charge on any atom is 0.373 e. The first-order valence-electron chi connectivity index (χ1n) is 5.85. The molecule has 1 radical (unpaired) electrons. The largest absolute Gasteiger partial charge is 0.373 e. The molecule has 0 bridgehead atoms. The quantitative estimate of drug-likeness (QED) is 0.430. The fourth-order valence-electron chi connectivity index (χ4n) is 1.35. The summed E-state index contributed by atoms with van der Waals surface area (Å²) in [5, 5.41) is 0. The Kier molecular flexibility index (Phi) is 5.70. The van der Waals surface area contributed by atoms with E-state index in [1.54, 1.807) is 12.1 Å². The molecule has 1 aromatic rings. The van der Waals surface area contributed by atoms with Crippen LogP contribution in [0.15, 0.2) is 18.2 Å². The molecule has 3 heteroatoms. The molecule has 0 heterocycles. The molecule has 0 aliphatic heterocycles. The van der Waals surface area contributed by atoms with Crippen LogP contribution in [0, 0.1) is 20.8 Å². The molecule has 93 valence electrons. The van der Waals surface area contributed by atoms with Crippen LogP contribution in [-0.4, -0.2) is 12.6 Å². The number of unbranched alkanes of at least 4 members (excludes halogenated alkanes) is 2. The van der Waals surface area contributed by atoms with Crippen LogP contribution in [-0.2, 0) is 9.78 Å². The summed E-state index contributed by atoms with van der Waals surface area (Å²) in [4.78, 5) is 21.1. The van der Waals surface area contributed by atoms with E-state index in [2.05, 4.69) is 6.92 Å². The summed E-state index contributed by atoms with van der Waals surface area (Å²) in [6, 6.07) is 5.44. The minimum absolute atomic E-state index is 0.423. The molecule has 0 N–H and O–H groups in total. The Labute approximate surface area is 103 Å². The zero-order valence-corrected chi connectivity index (χ0v) is 10.5. The van der Waals surface area contributed by atoms with Gasteiger partial charge in [-0.05, 0) is 43.5 Å². The van der Waals surface area contributed by atoms with Gasteiger partial charge in [-0.15, -0.1) is 0 Å². The lowest BCUT2D eigenvalue weighted by Crippen LogP contribution is -2.07. The van der Waals surface area contributed by atoms with Crippen molar-refractivity contribution in [2.45, 2.75) is 33.1 Å². The Hall–Kier alpha value is -1.35. The normalized spacial score (nSPS) is 10.3. The predicted molar refractivity (Wildman–Crippen MR) is 66.5 cm³/mol. The van der Waals surface area contributed by atoms with E-state index in [4.69, 9.17) is 9.78 Å². The highest BCUT2D eigenvalue weighted by Crippen LogP contribution is 2.11. The van der Waals surface area contributed by atoms with Gasteiger partial charge >= 0.3 is 5.97 Å². The van der Waals surface area contributed by atoms with Crippen molar-refractivity contribution in [3.05, 3.63) is 41.8 Å². The van der Waals surface area contributed by atoms with Crippen LogP contribution >= 0.6 is 0 Å². The summed E-state index contributed by atoms with van der Waals surface area (Å²) in [6.45, 7) is 8.10. The molecule has 0 amide bonds. The molecule has 0 saturated carbocycles. The second-order valence-electron chi connectivity index (χ2n) is 4.05. The molecule has 0 saturated heterocycles. The number of carbonyl (C=O) groups is 1. The molecule has 0 fully saturated rings. The molecular weight excluding hydrogens is 216 g/mol. The molecule has 1 aromatic carbocycles.